The van der Waals surface area contributed by atoms with Crippen molar-refractivity contribution in [1.29, 1.82) is 0 Å². The van der Waals surface area contributed by atoms with Crippen LogP contribution in [0.3, 0.4) is 0 Å². The van der Waals surface area contributed by atoms with Gasteiger partial charge in [0, 0.05) is 4.88 Å². The van der Waals surface area contributed by atoms with E-state index in [1.807, 2.05) is 0 Å². The second-order valence-corrected chi connectivity index (χ2v) is 9.18. The highest BCUT2D eigenvalue weighted by molar-refractivity contribution is 8.00. The van der Waals surface area contributed by atoms with E-state index in [1.54, 1.807) is 11.3 Å². The molecule has 3 aromatic heterocycles. The Balaban J connectivity index is 1.89. The van der Waals surface area contributed by atoms with Crippen LogP contribution in [0, 0.1) is 12.8 Å². The van der Waals surface area contributed by atoms with Gasteiger partial charge in [-0.1, -0.05) is 43.4 Å². The van der Waals surface area contributed by atoms with Crippen LogP contribution in [-0.4, -0.2) is 20.2 Å². The van der Waals surface area contributed by atoms with Crippen molar-refractivity contribution >= 4 is 49.8 Å². The molecule has 1 atom stereocenters. The second kappa shape index (κ2) is 7.20. The molecule has 0 aliphatic heterocycles. The van der Waals surface area contributed by atoms with Crippen molar-refractivity contribution in [3.05, 3.63) is 26.6 Å². The van der Waals surface area contributed by atoms with Crippen molar-refractivity contribution in [2.24, 2.45) is 5.92 Å². The average Bonchev–Trinajstić information content (AvgIpc) is 3.09. The van der Waals surface area contributed by atoms with Crippen molar-refractivity contribution in [1.82, 2.24) is 20.2 Å². The topological polar surface area (TPSA) is 97.5 Å². The number of fused-ring (bicyclic) bond motifs is 1. The number of nitrogens with one attached hydrogen (secondary N) is 1. The molecule has 0 aromatic carbocycles. The molecular formula is C15H19N5OS3. The van der Waals surface area contributed by atoms with Crippen molar-refractivity contribution in [3.8, 4) is 0 Å². The van der Waals surface area contributed by atoms with E-state index >= 15 is 0 Å². The number of hydrogen-bond acceptors (Lipinski definition) is 8. The first-order chi connectivity index (χ1) is 11.5. The van der Waals surface area contributed by atoms with Gasteiger partial charge in [0.05, 0.1) is 11.1 Å². The Morgan fingerprint density at radius 3 is 2.79 bits per heavy atom. The summed E-state index contributed by atoms with van der Waals surface area (Å²) < 4.78 is 0.773. The van der Waals surface area contributed by atoms with Crippen LogP contribution < -0.4 is 11.3 Å². The zero-order valence-electron chi connectivity index (χ0n) is 13.8. The molecule has 9 heteroatoms. The molecule has 0 amide bonds. The van der Waals surface area contributed by atoms with E-state index in [2.05, 4.69) is 40.9 Å². The number of hydrogen-bond donors (Lipinski definition) is 2. The second-order valence-electron chi connectivity index (χ2n) is 5.74. The molecule has 0 spiro atoms. The van der Waals surface area contributed by atoms with Gasteiger partial charge in [-0.25, -0.2) is 4.98 Å². The molecule has 0 aliphatic rings. The fourth-order valence-electron chi connectivity index (χ4n) is 2.44. The standard InChI is InChI=1S/C15H19N5OS3/c1-4-7(2)5-9-8(3)23-13-11(9)12(21)17-10(18-13)6-22-15-20-19-14(16)24-15/h7H,4-6H2,1-3H3,(H2,16,19)(H,17,18,21)/t7-/m0/s1. The molecule has 6 nitrogen and oxygen atoms in total. The molecule has 0 fully saturated rings. The summed E-state index contributed by atoms with van der Waals surface area (Å²) in [6, 6.07) is 0. The van der Waals surface area contributed by atoms with Crippen molar-refractivity contribution in [3.63, 3.8) is 0 Å². The number of aromatic amines is 1. The van der Waals surface area contributed by atoms with E-state index in [0.29, 0.717) is 22.6 Å². The number of H-pyrrole nitrogens is 1. The molecule has 0 saturated heterocycles. The predicted octanol–water partition coefficient (Wildman–Crippen LogP) is 3.61. The number of anilines is 1. The van der Waals surface area contributed by atoms with E-state index < -0.39 is 0 Å². The zero-order chi connectivity index (χ0) is 17.3. The van der Waals surface area contributed by atoms with Gasteiger partial charge in [-0.15, -0.1) is 21.5 Å². The molecular weight excluding hydrogens is 362 g/mol. The first kappa shape index (κ1) is 17.4. The van der Waals surface area contributed by atoms with Crippen LogP contribution in [0.4, 0.5) is 5.13 Å². The lowest BCUT2D eigenvalue weighted by molar-refractivity contribution is 0.561. The maximum absolute atomic E-state index is 12.6. The molecule has 3 N–H and O–H groups in total. The van der Waals surface area contributed by atoms with Crippen molar-refractivity contribution in [2.75, 3.05) is 5.73 Å². The van der Waals surface area contributed by atoms with Gasteiger partial charge in [0.1, 0.15) is 10.7 Å². The average molecular weight is 382 g/mol. The third kappa shape index (κ3) is 3.62. The van der Waals surface area contributed by atoms with Crippen LogP contribution in [0.15, 0.2) is 9.13 Å². The normalized spacial score (nSPS) is 12.8. The molecule has 0 aliphatic carbocycles. The Morgan fingerprint density at radius 2 is 2.12 bits per heavy atom. The van der Waals surface area contributed by atoms with Crippen LogP contribution in [0.25, 0.3) is 10.2 Å². The fraction of sp³-hybridized carbons (Fsp3) is 0.467. The highest BCUT2D eigenvalue weighted by atomic mass is 32.2. The van der Waals surface area contributed by atoms with Gasteiger partial charge >= 0.3 is 0 Å². The van der Waals surface area contributed by atoms with E-state index in [-0.39, 0.29) is 5.56 Å². The molecule has 0 unspecified atom stereocenters. The Labute approximate surface area is 151 Å². The number of thioether (sulfide) groups is 1. The zero-order valence-corrected chi connectivity index (χ0v) is 16.2. The quantitative estimate of drug-likeness (QED) is 0.633. The molecule has 0 bridgehead atoms. The summed E-state index contributed by atoms with van der Waals surface area (Å²) in [5.74, 6) is 1.75. The Bertz CT molecular complexity index is 914. The Morgan fingerprint density at radius 1 is 1.33 bits per heavy atom. The first-order valence-corrected chi connectivity index (χ1v) is 10.3. The SMILES string of the molecule is CC[C@H](C)Cc1c(C)sc2nc(CSc3nnc(N)s3)[nH]c(=O)c12. The number of rotatable bonds is 6. The van der Waals surface area contributed by atoms with Gasteiger partial charge in [-0.05, 0) is 24.8 Å². The third-order valence-corrected chi connectivity index (χ3v) is 6.85. The predicted molar refractivity (Wildman–Crippen MR) is 102 cm³/mol. The summed E-state index contributed by atoms with van der Waals surface area (Å²) in [7, 11) is 0. The van der Waals surface area contributed by atoms with Crippen LogP contribution in [-0.2, 0) is 12.2 Å². The van der Waals surface area contributed by atoms with Gasteiger partial charge in [0.15, 0.2) is 4.34 Å². The lowest BCUT2D eigenvalue weighted by atomic mass is 9.98. The minimum absolute atomic E-state index is 0.0463. The van der Waals surface area contributed by atoms with Gasteiger partial charge < -0.3 is 10.7 Å². The van der Waals surface area contributed by atoms with Crippen LogP contribution in [0.2, 0.25) is 0 Å². The number of nitrogens with two attached hydrogens (primary N) is 1. The molecule has 24 heavy (non-hydrogen) atoms. The molecule has 128 valence electrons. The minimum atomic E-state index is -0.0463. The van der Waals surface area contributed by atoms with Crippen molar-refractivity contribution in [2.45, 2.75) is 43.7 Å². The minimum Gasteiger partial charge on any atom is -0.374 e. The van der Waals surface area contributed by atoms with E-state index in [9.17, 15) is 4.79 Å². The summed E-state index contributed by atoms with van der Waals surface area (Å²) in [6.45, 7) is 6.46. The van der Waals surface area contributed by atoms with Gasteiger partial charge in [-0.2, -0.15) is 0 Å². The molecule has 3 heterocycles. The lowest BCUT2D eigenvalue weighted by Crippen LogP contribution is -2.12. The maximum Gasteiger partial charge on any atom is 0.259 e. The summed E-state index contributed by atoms with van der Waals surface area (Å²) in [6.07, 6.45) is 2.02. The number of nitrogens with zero attached hydrogens (tertiary/aromatic N) is 3. The van der Waals surface area contributed by atoms with E-state index in [1.165, 1.54) is 28.0 Å². The summed E-state index contributed by atoms with van der Waals surface area (Å²) in [5.41, 5.74) is 6.68. The lowest BCUT2D eigenvalue weighted by Gasteiger charge is -2.08. The molecule has 3 aromatic rings. The number of aromatic nitrogens is 4. The molecule has 0 saturated carbocycles. The van der Waals surface area contributed by atoms with E-state index in [4.69, 9.17) is 5.73 Å². The summed E-state index contributed by atoms with van der Waals surface area (Å²) in [5, 5.41) is 8.95. The highest BCUT2D eigenvalue weighted by Crippen LogP contribution is 2.31. The first-order valence-electron chi connectivity index (χ1n) is 7.70. The number of thiophene rings is 1. The Hall–Kier alpha value is -1.45. The summed E-state index contributed by atoms with van der Waals surface area (Å²) in [4.78, 5) is 22.1. The maximum atomic E-state index is 12.6. The Kier molecular flexibility index (Phi) is 5.21. The summed E-state index contributed by atoms with van der Waals surface area (Å²) >= 11 is 4.41. The monoisotopic (exact) mass is 381 g/mol. The smallest absolute Gasteiger partial charge is 0.259 e. The molecule has 3 rings (SSSR count). The molecule has 0 radical (unpaired) electrons. The number of aryl methyl sites for hydroxylation is 1. The van der Waals surface area contributed by atoms with Gasteiger partial charge in [0.25, 0.3) is 5.56 Å². The highest BCUT2D eigenvalue weighted by Gasteiger charge is 2.17. The largest absolute Gasteiger partial charge is 0.374 e. The number of nitrogen functional groups attached to an aromatic ring is 1. The van der Waals surface area contributed by atoms with Gasteiger partial charge in [-0.3, -0.25) is 4.79 Å². The third-order valence-electron chi connectivity index (χ3n) is 3.92. The van der Waals surface area contributed by atoms with Crippen molar-refractivity contribution < 1.29 is 0 Å². The van der Waals surface area contributed by atoms with Gasteiger partial charge in [0.2, 0.25) is 5.13 Å². The van der Waals surface area contributed by atoms with Crippen LogP contribution >= 0.6 is 34.4 Å². The van der Waals surface area contributed by atoms with E-state index in [0.717, 1.165) is 33.0 Å². The fourth-order valence-corrected chi connectivity index (χ4v) is 5.01. The van der Waals surface area contributed by atoms with Crippen LogP contribution in [0.5, 0.6) is 0 Å². The van der Waals surface area contributed by atoms with Crippen LogP contribution in [0.1, 0.15) is 36.5 Å².